The van der Waals surface area contributed by atoms with Gasteiger partial charge in [-0.05, 0) is 49.5 Å². The van der Waals surface area contributed by atoms with Gasteiger partial charge < -0.3 is 9.80 Å². The molecule has 0 aliphatic carbocycles. The van der Waals surface area contributed by atoms with Gasteiger partial charge in [0.2, 0.25) is 11.8 Å². The Bertz CT molecular complexity index is 1100. The molecule has 1 unspecified atom stereocenters. The van der Waals surface area contributed by atoms with Crippen LogP contribution in [-0.2, 0) is 9.59 Å². The molecule has 2 aliphatic heterocycles. The Labute approximate surface area is 192 Å². The Morgan fingerprint density at radius 1 is 0.938 bits per heavy atom. The molecule has 2 aromatic carbocycles. The van der Waals surface area contributed by atoms with E-state index in [2.05, 4.69) is 11.0 Å². The zero-order valence-corrected chi connectivity index (χ0v) is 18.8. The SMILES string of the molecule is O=C(/C=C/c1ccccc1)N1CCC(C(=O)N2CCCC2c2nc3ccccc3s2)CC1. The highest BCUT2D eigenvalue weighted by Gasteiger charge is 2.37. The summed E-state index contributed by atoms with van der Waals surface area (Å²) in [6, 6.07) is 18.1. The van der Waals surface area contributed by atoms with Gasteiger partial charge in [-0.1, -0.05) is 42.5 Å². The van der Waals surface area contributed by atoms with E-state index < -0.39 is 0 Å². The largest absolute Gasteiger partial charge is 0.339 e. The summed E-state index contributed by atoms with van der Waals surface area (Å²) in [5.41, 5.74) is 2.03. The van der Waals surface area contributed by atoms with E-state index in [1.54, 1.807) is 17.4 Å². The molecule has 5 rings (SSSR count). The molecule has 32 heavy (non-hydrogen) atoms. The van der Waals surface area contributed by atoms with Crippen LogP contribution in [0.15, 0.2) is 60.7 Å². The fourth-order valence-corrected chi connectivity index (χ4v) is 5.85. The van der Waals surface area contributed by atoms with Gasteiger partial charge in [-0.15, -0.1) is 11.3 Å². The first kappa shape index (κ1) is 20.9. The lowest BCUT2D eigenvalue weighted by molar-refractivity contribution is -0.140. The van der Waals surface area contributed by atoms with Crippen LogP contribution >= 0.6 is 11.3 Å². The van der Waals surface area contributed by atoms with Crippen LogP contribution in [-0.4, -0.2) is 46.2 Å². The quantitative estimate of drug-likeness (QED) is 0.536. The van der Waals surface area contributed by atoms with Crippen molar-refractivity contribution in [2.24, 2.45) is 5.92 Å². The third-order valence-corrected chi connectivity index (χ3v) is 7.64. The van der Waals surface area contributed by atoms with Crippen molar-refractivity contribution in [3.05, 3.63) is 71.2 Å². The van der Waals surface area contributed by atoms with Crippen molar-refractivity contribution in [3.63, 3.8) is 0 Å². The van der Waals surface area contributed by atoms with Crippen molar-refractivity contribution in [1.29, 1.82) is 0 Å². The number of amides is 2. The van der Waals surface area contributed by atoms with Crippen molar-refractivity contribution >= 4 is 39.4 Å². The van der Waals surface area contributed by atoms with Crippen molar-refractivity contribution < 1.29 is 9.59 Å². The molecule has 0 saturated carbocycles. The molecule has 1 aromatic heterocycles. The normalized spacial score (nSPS) is 19.8. The number of benzene rings is 2. The molecule has 6 heteroatoms. The molecule has 164 valence electrons. The van der Waals surface area contributed by atoms with Gasteiger partial charge in [-0.25, -0.2) is 4.98 Å². The number of nitrogens with zero attached hydrogens (tertiary/aromatic N) is 3. The van der Waals surface area contributed by atoms with Crippen molar-refractivity contribution in [2.45, 2.75) is 31.7 Å². The zero-order valence-electron chi connectivity index (χ0n) is 18.0. The molecule has 0 radical (unpaired) electrons. The zero-order chi connectivity index (χ0) is 21.9. The summed E-state index contributed by atoms with van der Waals surface area (Å²) >= 11 is 1.70. The van der Waals surface area contributed by atoms with Gasteiger partial charge in [0.25, 0.3) is 0 Å². The minimum Gasteiger partial charge on any atom is -0.339 e. The van der Waals surface area contributed by atoms with E-state index in [-0.39, 0.29) is 23.8 Å². The lowest BCUT2D eigenvalue weighted by Gasteiger charge is -2.34. The van der Waals surface area contributed by atoms with Crippen LogP contribution in [0, 0.1) is 5.92 Å². The summed E-state index contributed by atoms with van der Waals surface area (Å²) in [7, 11) is 0. The standard InChI is InChI=1S/C26H27N3O2S/c30-24(13-12-19-7-2-1-3-8-19)28-17-14-20(15-18-28)26(31)29-16-6-10-22(29)25-27-21-9-4-5-11-23(21)32-25/h1-5,7-9,11-13,20,22H,6,10,14-18H2/b13-12+. The Balaban J connectivity index is 1.20. The first-order chi connectivity index (χ1) is 15.7. The highest BCUT2D eigenvalue weighted by Crippen LogP contribution is 2.38. The van der Waals surface area contributed by atoms with E-state index in [1.165, 1.54) is 4.70 Å². The van der Waals surface area contributed by atoms with Crippen LogP contribution in [0.5, 0.6) is 0 Å². The second kappa shape index (κ2) is 9.25. The topological polar surface area (TPSA) is 53.5 Å². The first-order valence-corrected chi connectivity index (χ1v) is 12.2. The first-order valence-electron chi connectivity index (χ1n) is 11.4. The highest BCUT2D eigenvalue weighted by atomic mass is 32.1. The van der Waals surface area contributed by atoms with Gasteiger partial charge in [-0.2, -0.15) is 0 Å². The monoisotopic (exact) mass is 445 g/mol. The molecule has 1 atom stereocenters. The third kappa shape index (κ3) is 4.32. The van der Waals surface area contributed by atoms with E-state index >= 15 is 0 Å². The van der Waals surface area contributed by atoms with E-state index in [9.17, 15) is 9.59 Å². The Morgan fingerprint density at radius 2 is 1.69 bits per heavy atom. The van der Waals surface area contributed by atoms with Crippen LogP contribution in [0.25, 0.3) is 16.3 Å². The molecule has 2 fully saturated rings. The number of carbonyl (C=O) groups excluding carboxylic acids is 2. The van der Waals surface area contributed by atoms with Crippen LogP contribution in [0.2, 0.25) is 0 Å². The summed E-state index contributed by atoms with van der Waals surface area (Å²) in [6.45, 7) is 2.07. The molecule has 0 spiro atoms. The summed E-state index contributed by atoms with van der Waals surface area (Å²) in [5, 5.41) is 1.05. The predicted molar refractivity (Wildman–Crippen MR) is 128 cm³/mol. The molecular formula is C26H27N3O2S. The molecule has 5 nitrogen and oxygen atoms in total. The average molecular weight is 446 g/mol. The van der Waals surface area contributed by atoms with Gasteiger partial charge in [-0.3, -0.25) is 9.59 Å². The fraction of sp³-hybridized carbons (Fsp3) is 0.346. The van der Waals surface area contributed by atoms with Crippen LogP contribution in [0.4, 0.5) is 0 Å². The van der Waals surface area contributed by atoms with Gasteiger partial charge in [0.1, 0.15) is 5.01 Å². The van der Waals surface area contributed by atoms with E-state index in [0.29, 0.717) is 13.1 Å². The number of hydrogen-bond acceptors (Lipinski definition) is 4. The maximum absolute atomic E-state index is 13.4. The minimum atomic E-state index is -0.00729. The van der Waals surface area contributed by atoms with Gasteiger partial charge in [0.15, 0.2) is 0 Å². The van der Waals surface area contributed by atoms with Crippen molar-refractivity contribution in [3.8, 4) is 0 Å². The maximum atomic E-state index is 13.4. The molecule has 3 aromatic rings. The third-order valence-electron chi connectivity index (χ3n) is 6.51. The lowest BCUT2D eigenvalue weighted by Crippen LogP contribution is -2.43. The van der Waals surface area contributed by atoms with Crippen LogP contribution in [0.1, 0.15) is 42.3 Å². The van der Waals surface area contributed by atoms with Gasteiger partial charge >= 0.3 is 0 Å². The van der Waals surface area contributed by atoms with E-state index in [0.717, 1.165) is 48.3 Å². The maximum Gasteiger partial charge on any atom is 0.246 e. The second-order valence-electron chi connectivity index (χ2n) is 8.55. The predicted octanol–water partition coefficient (Wildman–Crippen LogP) is 4.91. The number of hydrogen-bond donors (Lipinski definition) is 0. The van der Waals surface area contributed by atoms with Crippen LogP contribution in [0.3, 0.4) is 0 Å². The highest BCUT2D eigenvalue weighted by molar-refractivity contribution is 7.18. The molecule has 0 bridgehead atoms. The molecular weight excluding hydrogens is 418 g/mol. The molecule has 3 heterocycles. The van der Waals surface area contributed by atoms with Crippen molar-refractivity contribution in [1.82, 2.24) is 14.8 Å². The van der Waals surface area contributed by atoms with E-state index in [4.69, 9.17) is 4.98 Å². The van der Waals surface area contributed by atoms with E-state index in [1.807, 2.05) is 59.5 Å². The lowest BCUT2D eigenvalue weighted by atomic mass is 9.95. The van der Waals surface area contributed by atoms with Crippen LogP contribution < -0.4 is 0 Å². The number of piperidine rings is 1. The second-order valence-corrected chi connectivity index (χ2v) is 9.62. The summed E-state index contributed by atoms with van der Waals surface area (Å²) < 4.78 is 1.18. The average Bonchev–Trinajstić information content (AvgIpc) is 3.50. The summed E-state index contributed by atoms with van der Waals surface area (Å²) in [4.78, 5) is 34.7. The number of aromatic nitrogens is 1. The molecule has 2 amide bonds. The van der Waals surface area contributed by atoms with Crippen molar-refractivity contribution in [2.75, 3.05) is 19.6 Å². The smallest absolute Gasteiger partial charge is 0.246 e. The summed E-state index contributed by atoms with van der Waals surface area (Å²) in [6.07, 6.45) is 6.95. The summed E-state index contributed by atoms with van der Waals surface area (Å²) in [5.74, 6) is 0.249. The molecule has 2 aliphatic rings. The molecule has 2 saturated heterocycles. The number of fused-ring (bicyclic) bond motifs is 1. The number of carbonyl (C=O) groups is 2. The number of thiazole rings is 1. The Morgan fingerprint density at radius 3 is 2.47 bits per heavy atom. The molecule has 0 N–H and O–H groups in total. The minimum absolute atomic E-state index is 0.00729. The Hall–Kier alpha value is -2.99. The number of para-hydroxylation sites is 1. The Kier molecular flexibility index (Phi) is 6.04. The van der Waals surface area contributed by atoms with Gasteiger partial charge in [0.05, 0.1) is 16.3 Å². The number of rotatable bonds is 4. The fourth-order valence-electron chi connectivity index (χ4n) is 4.74. The van der Waals surface area contributed by atoms with Gasteiger partial charge in [0, 0.05) is 31.6 Å². The number of likely N-dealkylation sites (tertiary alicyclic amines) is 2.